The van der Waals surface area contributed by atoms with Gasteiger partial charge in [-0.1, -0.05) is 84.3 Å². The number of ether oxygens (including phenoxy) is 1. The summed E-state index contributed by atoms with van der Waals surface area (Å²) >= 11 is 0. The number of hydrogen-bond acceptors (Lipinski definition) is 5. The lowest BCUT2D eigenvalue weighted by molar-refractivity contribution is -0.229. The predicted molar refractivity (Wildman–Crippen MR) is 106 cm³/mol. The maximum Gasteiger partial charge on any atom is 0.368 e. The fraction of sp³-hybridized carbons (Fsp3) is 0.714. The van der Waals surface area contributed by atoms with Crippen LogP contribution in [-0.2, 0) is 19.2 Å². The van der Waals surface area contributed by atoms with E-state index in [1.165, 1.54) is 63.9 Å². The Morgan fingerprint density at radius 3 is 1.85 bits per heavy atom. The van der Waals surface area contributed by atoms with E-state index >= 15 is 0 Å². The molecule has 0 unspecified atom stereocenters. The minimum Gasteiger partial charge on any atom is -0.463 e. The number of rotatable bonds is 14. The van der Waals surface area contributed by atoms with Crippen molar-refractivity contribution in [2.75, 3.05) is 6.61 Å². The molecule has 0 aromatic carbocycles. The van der Waals surface area contributed by atoms with Crippen LogP contribution in [0.3, 0.4) is 0 Å². The molecule has 0 rings (SSSR count). The van der Waals surface area contributed by atoms with E-state index < -0.39 is 5.97 Å². The third kappa shape index (κ3) is 20.4. The first-order chi connectivity index (χ1) is 12.5. The molecule has 0 heterocycles. The Bertz CT molecular complexity index is 388. The van der Waals surface area contributed by atoms with Crippen molar-refractivity contribution in [2.45, 2.75) is 91.4 Å². The molecule has 5 heteroatoms. The smallest absolute Gasteiger partial charge is 0.368 e. The van der Waals surface area contributed by atoms with Crippen molar-refractivity contribution in [3.8, 4) is 0 Å². The summed E-state index contributed by atoms with van der Waals surface area (Å²) in [5.41, 5.74) is 0.431. The van der Waals surface area contributed by atoms with E-state index in [1.54, 1.807) is 13.0 Å². The fourth-order valence-corrected chi connectivity index (χ4v) is 2.28. The molecule has 0 aromatic heterocycles. The van der Waals surface area contributed by atoms with Crippen molar-refractivity contribution < 1.29 is 24.5 Å². The van der Waals surface area contributed by atoms with Gasteiger partial charge in [-0.2, -0.15) is 5.26 Å². The van der Waals surface area contributed by atoms with Crippen molar-refractivity contribution in [3.05, 3.63) is 24.3 Å². The monoisotopic (exact) mass is 370 g/mol. The Kier molecular flexibility index (Phi) is 21.9. The number of carbonyl (C=O) groups excluding carboxylic acids is 2. The molecule has 26 heavy (non-hydrogen) atoms. The van der Waals surface area contributed by atoms with Gasteiger partial charge in [-0.3, -0.25) is 4.89 Å². The summed E-state index contributed by atoms with van der Waals surface area (Å²) in [7, 11) is 0. The van der Waals surface area contributed by atoms with Crippen LogP contribution in [0, 0.1) is 0 Å². The highest BCUT2D eigenvalue weighted by molar-refractivity contribution is 5.87. The summed E-state index contributed by atoms with van der Waals surface area (Å²) in [4.78, 5) is 24.6. The largest absolute Gasteiger partial charge is 0.463 e. The van der Waals surface area contributed by atoms with Crippen LogP contribution in [-0.4, -0.2) is 23.8 Å². The molecule has 5 nitrogen and oxygen atoms in total. The van der Waals surface area contributed by atoms with Crippen LogP contribution in [0.2, 0.25) is 0 Å². The Morgan fingerprint density at radius 2 is 1.42 bits per heavy atom. The van der Waals surface area contributed by atoms with Gasteiger partial charge in [0.25, 0.3) is 0 Å². The molecule has 0 aliphatic heterocycles. The van der Waals surface area contributed by atoms with E-state index in [0.717, 1.165) is 12.8 Å². The molecule has 0 aliphatic rings. The molecule has 0 amide bonds. The molecule has 0 aromatic rings. The Hall–Kier alpha value is -1.62. The molecule has 1 N–H and O–H groups in total. The quantitative estimate of drug-likeness (QED) is 0.133. The first-order valence-corrected chi connectivity index (χ1v) is 9.85. The summed E-state index contributed by atoms with van der Waals surface area (Å²) in [6, 6.07) is 0. The average molecular weight is 371 g/mol. The first-order valence-electron chi connectivity index (χ1n) is 9.85. The molecule has 0 saturated carbocycles. The van der Waals surface area contributed by atoms with E-state index in [9.17, 15) is 9.59 Å². The van der Waals surface area contributed by atoms with Gasteiger partial charge in [0.2, 0.25) is 0 Å². The molecule has 152 valence electrons. The third-order valence-electron chi connectivity index (χ3n) is 3.82. The highest BCUT2D eigenvalue weighted by atomic mass is 17.1. The second kappa shape index (κ2) is 21.4. The predicted octanol–water partition coefficient (Wildman–Crippen LogP) is 6.00. The number of hydrogen-bond donors (Lipinski definition) is 1. The zero-order valence-electron chi connectivity index (χ0n) is 16.9. The average Bonchev–Trinajstić information content (AvgIpc) is 2.65. The third-order valence-corrected chi connectivity index (χ3v) is 3.82. The highest BCUT2D eigenvalue weighted by Gasteiger charge is 2.01. The Balaban J connectivity index is 0. The minimum atomic E-state index is -0.683. The van der Waals surface area contributed by atoms with Crippen LogP contribution >= 0.6 is 0 Å². The molecule has 0 fully saturated rings. The second-order valence-corrected chi connectivity index (χ2v) is 6.23. The molecule has 0 spiro atoms. The number of esters is 1. The topological polar surface area (TPSA) is 72.8 Å². The van der Waals surface area contributed by atoms with E-state index in [2.05, 4.69) is 18.4 Å². The van der Waals surface area contributed by atoms with Crippen molar-refractivity contribution in [2.24, 2.45) is 0 Å². The number of unbranched alkanes of at least 4 members (excludes halogenated alkanes) is 9. The molecule has 0 bridgehead atoms. The number of allylic oxidation sites excluding steroid dienone is 1. The molecule has 0 aliphatic carbocycles. The normalized spacial score (nSPS) is 10.5. The van der Waals surface area contributed by atoms with Gasteiger partial charge in [0.15, 0.2) is 0 Å². The summed E-state index contributed by atoms with van der Waals surface area (Å²) in [6.07, 6.45) is 16.6. The summed E-state index contributed by atoms with van der Waals surface area (Å²) < 4.78 is 4.91. The molecule has 0 saturated heterocycles. The zero-order chi connectivity index (χ0) is 20.0. The Morgan fingerprint density at radius 1 is 0.923 bits per heavy atom. The molecule has 0 radical (unpaired) electrons. The van der Waals surface area contributed by atoms with E-state index in [0.29, 0.717) is 12.2 Å². The van der Waals surface area contributed by atoms with Gasteiger partial charge >= 0.3 is 11.9 Å². The van der Waals surface area contributed by atoms with Gasteiger partial charge in [-0.05, 0) is 19.8 Å². The van der Waals surface area contributed by atoms with Crippen LogP contribution < -0.4 is 0 Å². The van der Waals surface area contributed by atoms with Gasteiger partial charge in [-0.25, -0.2) is 9.59 Å². The van der Waals surface area contributed by atoms with Crippen molar-refractivity contribution in [1.82, 2.24) is 0 Å². The minimum absolute atomic E-state index is 0.305. The molecular formula is C21H38O5. The maximum atomic E-state index is 10.7. The van der Waals surface area contributed by atoms with Gasteiger partial charge < -0.3 is 4.74 Å². The van der Waals surface area contributed by atoms with Gasteiger partial charge in [0, 0.05) is 11.6 Å². The summed E-state index contributed by atoms with van der Waals surface area (Å²) in [6.45, 7) is 9.63. The van der Waals surface area contributed by atoms with Crippen LogP contribution in [0.25, 0.3) is 0 Å². The van der Waals surface area contributed by atoms with Crippen molar-refractivity contribution in [3.63, 3.8) is 0 Å². The van der Waals surface area contributed by atoms with Gasteiger partial charge in [-0.15, -0.1) is 0 Å². The van der Waals surface area contributed by atoms with E-state index in [-0.39, 0.29) is 5.97 Å². The highest BCUT2D eigenvalue weighted by Crippen LogP contribution is 2.10. The lowest BCUT2D eigenvalue weighted by Gasteiger charge is -2.03. The molecule has 0 atom stereocenters. The first kappa shape index (κ1) is 26.6. The van der Waals surface area contributed by atoms with Crippen LogP contribution in [0.15, 0.2) is 24.3 Å². The second-order valence-electron chi connectivity index (χ2n) is 6.23. The lowest BCUT2D eigenvalue weighted by atomic mass is 10.1. The van der Waals surface area contributed by atoms with Crippen LogP contribution in [0.4, 0.5) is 0 Å². The number of carbonyl (C=O) groups is 2. The van der Waals surface area contributed by atoms with Crippen LogP contribution in [0.5, 0.6) is 0 Å². The van der Waals surface area contributed by atoms with E-state index in [4.69, 9.17) is 9.99 Å². The van der Waals surface area contributed by atoms with Gasteiger partial charge in [0.05, 0.1) is 6.61 Å². The standard InChI is InChI=1S/C15H28O2.C6H10O3/c1-3-5-6-7-8-9-10-11-12-13-14-17-15(16)4-2;1-3-4-5(2)6(7)9-8/h4H,2-3,5-14H2,1H3;4,8H,3H2,1-2H3. The summed E-state index contributed by atoms with van der Waals surface area (Å²) in [5.74, 6) is -0.988. The van der Waals surface area contributed by atoms with Gasteiger partial charge in [0.1, 0.15) is 0 Å². The maximum absolute atomic E-state index is 10.7. The van der Waals surface area contributed by atoms with Crippen LogP contribution in [0.1, 0.15) is 91.4 Å². The summed E-state index contributed by atoms with van der Waals surface area (Å²) in [5, 5.41) is 7.84. The SMILES string of the molecule is C=CC(=O)OCCCCCCCCCCCC.CCC=C(C)C(=O)OO. The van der Waals surface area contributed by atoms with Crippen molar-refractivity contribution >= 4 is 11.9 Å². The van der Waals surface area contributed by atoms with Crippen molar-refractivity contribution in [1.29, 1.82) is 0 Å². The lowest BCUT2D eigenvalue weighted by Crippen LogP contribution is -2.01. The van der Waals surface area contributed by atoms with E-state index in [1.807, 2.05) is 6.92 Å². The molecular weight excluding hydrogens is 332 g/mol. The Labute approximate surface area is 159 Å². The fourth-order valence-electron chi connectivity index (χ4n) is 2.28. The zero-order valence-corrected chi connectivity index (χ0v) is 16.9.